The first-order chi connectivity index (χ1) is 15.2. The molecule has 1 aromatic rings. The van der Waals surface area contributed by atoms with Crippen molar-refractivity contribution in [2.45, 2.75) is 93.6 Å². The highest BCUT2D eigenvalue weighted by atomic mass is 32.1. The molecule has 0 saturated heterocycles. The Bertz CT molecular complexity index is 754. The predicted octanol–water partition coefficient (Wildman–Crippen LogP) is 7.20. The lowest BCUT2D eigenvalue weighted by atomic mass is 9.80. The van der Waals surface area contributed by atoms with Crippen LogP contribution >= 0.6 is 12.2 Å². The zero-order chi connectivity index (χ0) is 25.4. The van der Waals surface area contributed by atoms with Gasteiger partial charge in [-0.15, -0.1) is 0 Å². The summed E-state index contributed by atoms with van der Waals surface area (Å²) in [4.78, 5) is 12.3. The minimum absolute atomic E-state index is 0.0499. The van der Waals surface area contributed by atoms with E-state index in [1.807, 2.05) is 27.7 Å². The van der Waals surface area contributed by atoms with Crippen LogP contribution in [-0.2, 0) is 9.53 Å². The van der Waals surface area contributed by atoms with Crippen molar-refractivity contribution in [2.75, 3.05) is 18.5 Å². The highest BCUT2D eigenvalue weighted by molar-refractivity contribution is 7.80. The summed E-state index contributed by atoms with van der Waals surface area (Å²) in [6.45, 7) is 22.6. The number of carbonyl (C=O) groups is 1. The van der Waals surface area contributed by atoms with Crippen molar-refractivity contribution < 1.29 is 9.53 Å². The maximum atomic E-state index is 12.3. The molecule has 0 heterocycles. The van der Waals surface area contributed by atoms with Crippen LogP contribution < -0.4 is 10.6 Å². The van der Waals surface area contributed by atoms with E-state index in [1.165, 1.54) is 5.56 Å². The molecule has 188 valence electrons. The van der Waals surface area contributed by atoms with Gasteiger partial charge < -0.3 is 15.4 Å². The summed E-state index contributed by atoms with van der Waals surface area (Å²) < 4.78 is 6.11. The van der Waals surface area contributed by atoms with E-state index in [9.17, 15) is 4.79 Å². The fourth-order valence-corrected chi connectivity index (χ4v) is 4.18. The highest BCUT2D eigenvalue weighted by Crippen LogP contribution is 2.30. The zero-order valence-electron chi connectivity index (χ0n) is 22.7. The molecule has 1 rings (SSSR count). The number of hydrogen-bond acceptors (Lipinski definition) is 3. The molecule has 0 aliphatic heterocycles. The Hall–Kier alpha value is -1.46. The largest absolute Gasteiger partial charge is 0.375 e. The number of thiocarbonyl (C=S) groups is 1. The van der Waals surface area contributed by atoms with Gasteiger partial charge in [-0.1, -0.05) is 67.5 Å². The Labute approximate surface area is 208 Å². The number of ketones is 1. The molecule has 0 saturated carbocycles. The number of hydrogen-bond donors (Lipinski definition) is 2. The summed E-state index contributed by atoms with van der Waals surface area (Å²) in [6, 6.07) is 8.58. The van der Waals surface area contributed by atoms with Gasteiger partial charge in [-0.3, -0.25) is 4.79 Å². The summed E-state index contributed by atoms with van der Waals surface area (Å²) in [5.74, 6) is 2.17. The lowest BCUT2D eigenvalue weighted by Crippen LogP contribution is -2.36. The van der Waals surface area contributed by atoms with Crippen molar-refractivity contribution >= 4 is 28.8 Å². The van der Waals surface area contributed by atoms with Gasteiger partial charge in [0.25, 0.3) is 0 Å². The smallest absolute Gasteiger partial charge is 0.170 e. The highest BCUT2D eigenvalue weighted by Gasteiger charge is 2.30. The van der Waals surface area contributed by atoms with Gasteiger partial charge in [0.1, 0.15) is 5.78 Å². The summed E-state index contributed by atoms with van der Waals surface area (Å²) in [7, 11) is 0. The van der Waals surface area contributed by atoms with E-state index < -0.39 is 0 Å². The van der Waals surface area contributed by atoms with Gasteiger partial charge in [0.05, 0.1) is 5.60 Å². The first-order valence-corrected chi connectivity index (χ1v) is 12.9. The van der Waals surface area contributed by atoms with Crippen LogP contribution in [0.25, 0.3) is 0 Å². The van der Waals surface area contributed by atoms with Gasteiger partial charge >= 0.3 is 0 Å². The average Bonchev–Trinajstić information content (AvgIpc) is 2.71. The van der Waals surface area contributed by atoms with Crippen LogP contribution in [0.15, 0.2) is 24.3 Å². The third kappa shape index (κ3) is 10.1. The van der Waals surface area contributed by atoms with Crippen LogP contribution in [0, 0.1) is 23.2 Å². The number of carbonyl (C=O) groups excluding carboxylic acids is 1. The van der Waals surface area contributed by atoms with Crippen LogP contribution in [0.2, 0.25) is 0 Å². The third-order valence-electron chi connectivity index (χ3n) is 6.96. The van der Waals surface area contributed by atoms with Crippen molar-refractivity contribution in [3.8, 4) is 0 Å². The van der Waals surface area contributed by atoms with E-state index in [4.69, 9.17) is 17.0 Å². The topological polar surface area (TPSA) is 50.4 Å². The van der Waals surface area contributed by atoms with E-state index >= 15 is 0 Å². The summed E-state index contributed by atoms with van der Waals surface area (Å²) in [5.41, 5.74) is 1.71. The molecule has 0 aliphatic carbocycles. The van der Waals surface area contributed by atoms with Gasteiger partial charge in [-0.2, -0.15) is 0 Å². The second-order valence-electron chi connectivity index (χ2n) is 11.4. The molecule has 0 aromatic heterocycles. The molecule has 2 unspecified atom stereocenters. The lowest BCUT2D eigenvalue weighted by Gasteiger charge is -2.30. The maximum Gasteiger partial charge on any atom is 0.170 e. The normalized spacial score (nSPS) is 14.3. The van der Waals surface area contributed by atoms with E-state index in [0.29, 0.717) is 41.8 Å². The maximum absolute atomic E-state index is 12.3. The predicted molar refractivity (Wildman–Crippen MR) is 146 cm³/mol. The molecular weight excluding hydrogens is 428 g/mol. The summed E-state index contributed by atoms with van der Waals surface area (Å²) in [5, 5.41) is 7.17. The van der Waals surface area contributed by atoms with Crippen LogP contribution in [0.5, 0.6) is 0 Å². The van der Waals surface area contributed by atoms with Crippen LogP contribution in [-0.4, -0.2) is 29.6 Å². The van der Waals surface area contributed by atoms with Crippen molar-refractivity contribution in [3.63, 3.8) is 0 Å². The van der Waals surface area contributed by atoms with Gasteiger partial charge in [0.15, 0.2) is 5.11 Å². The number of anilines is 1. The molecule has 4 nitrogen and oxygen atoms in total. The lowest BCUT2D eigenvalue weighted by molar-refractivity contribution is -0.132. The van der Waals surface area contributed by atoms with Crippen molar-refractivity contribution in [1.29, 1.82) is 0 Å². The average molecular weight is 477 g/mol. The first-order valence-electron chi connectivity index (χ1n) is 12.5. The van der Waals surface area contributed by atoms with Crippen LogP contribution in [0.1, 0.15) is 93.6 Å². The molecule has 33 heavy (non-hydrogen) atoms. The monoisotopic (exact) mass is 476 g/mol. The Morgan fingerprint density at radius 2 is 1.55 bits per heavy atom. The Balaban J connectivity index is 2.43. The standard InChI is InChI=1S/C28H48N2O2S/c1-19(2)21(5)22(6)23-11-13-24(14-12-23)30-26(33)29-17-15-28(9,10)32-18-16-27(7,8)25(31)20(3)4/h11-14,19-22H,15-18H2,1-10H3,(H2,29,30,33). The van der Waals surface area contributed by atoms with E-state index in [0.717, 1.165) is 18.5 Å². The molecular formula is C28H48N2O2S. The molecule has 0 spiro atoms. The molecule has 5 heteroatoms. The number of benzene rings is 1. The quantitative estimate of drug-likeness (QED) is 0.295. The Kier molecular flexibility index (Phi) is 11.5. The van der Waals surface area contributed by atoms with Crippen molar-refractivity contribution in [3.05, 3.63) is 29.8 Å². The summed E-state index contributed by atoms with van der Waals surface area (Å²) in [6.07, 6.45) is 1.54. The molecule has 2 atom stereocenters. The van der Waals surface area contributed by atoms with E-state index in [-0.39, 0.29) is 16.9 Å². The van der Waals surface area contributed by atoms with E-state index in [1.54, 1.807) is 0 Å². The molecule has 1 aromatic carbocycles. The molecule has 0 radical (unpaired) electrons. The molecule has 0 fully saturated rings. The Morgan fingerprint density at radius 3 is 2.06 bits per heavy atom. The Morgan fingerprint density at radius 1 is 0.970 bits per heavy atom. The molecule has 0 aliphatic rings. The molecule has 0 amide bonds. The fraction of sp³-hybridized carbons (Fsp3) is 0.714. The summed E-state index contributed by atoms with van der Waals surface area (Å²) >= 11 is 5.47. The first kappa shape index (κ1) is 29.6. The van der Waals surface area contributed by atoms with Crippen molar-refractivity contribution in [1.82, 2.24) is 5.32 Å². The number of rotatable bonds is 13. The zero-order valence-corrected chi connectivity index (χ0v) is 23.5. The minimum Gasteiger partial charge on any atom is -0.375 e. The van der Waals surface area contributed by atoms with E-state index in [2.05, 4.69) is 76.4 Å². The van der Waals surface area contributed by atoms with Crippen LogP contribution in [0.4, 0.5) is 5.69 Å². The second kappa shape index (κ2) is 12.9. The number of Topliss-reactive ketones (excluding diaryl/α,β-unsaturated/α-hetero) is 1. The number of nitrogens with one attached hydrogen (secondary N) is 2. The fourth-order valence-electron chi connectivity index (χ4n) is 3.96. The van der Waals surface area contributed by atoms with Gasteiger partial charge in [-0.05, 0) is 74.4 Å². The molecule has 0 bridgehead atoms. The third-order valence-corrected chi connectivity index (χ3v) is 7.20. The van der Waals surface area contributed by atoms with Crippen molar-refractivity contribution in [2.24, 2.45) is 23.2 Å². The van der Waals surface area contributed by atoms with Crippen LogP contribution in [0.3, 0.4) is 0 Å². The van der Waals surface area contributed by atoms with Gasteiger partial charge in [0.2, 0.25) is 0 Å². The minimum atomic E-state index is -0.353. The van der Waals surface area contributed by atoms with Gasteiger partial charge in [-0.25, -0.2) is 0 Å². The second-order valence-corrected chi connectivity index (χ2v) is 11.8. The SMILES string of the molecule is CC(C)C(=O)C(C)(C)CCOC(C)(C)CCNC(=S)Nc1ccc(C(C)C(C)C(C)C)cc1. The molecule has 2 N–H and O–H groups in total. The number of ether oxygens (including phenoxy) is 1. The van der Waals surface area contributed by atoms with Gasteiger partial charge in [0, 0.05) is 30.2 Å².